The molecule has 6 rings (SSSR count). The minimum absolute atomic E-state index is 0.0811. The Bertz CT molecular complexity index is 1080. The van der Waals surface area contributed by atoms with Gasteiger partial charge in [-0.25, -0.2) is 4.90 Å². The number of rotatable bonds is 1. The van der Waals surface area contributed by atoms with Crippen molar-refractivity contribution in [2.45, 2.75) is 31.3 Å². The molecule has 3 saturated heterocycles. The largest absolute Gasteiger partial charge is 0.324 e. The summed E-state index contributed by atoms with van der Waals surface area (Å²) in [5.74, 6) is -1.78. The van der Waals surface area contributed by atoms with E-state index in [1.165, 1.54) is 4.90 Å². The van der Waals surface area contributed by atoms with Crippen molar-refractivity contribution in [1.29, 1.82) is 0 Å². The fourth-order valence-corrected chi connectivity index (χ4v) is 6.15. The Morgan fingerprint density at radius 2 is 1.83 bits per heavy atom. The van der Waals surface area contributed by atoms with Gasteiger partial charge in [0, 0.05) is 17.3 Å². The molecule has 146 valence electrons. The highest BCUT2D eigenvalue weighted by atomic mass is 16.2. The van der Waals surface area contributed by atoms with Gasteiger partial charge in [-0.05, 0) is 44.5 Å². The van der Waals surface area contributed by atoms with E-state index in [4.69, 9.17) is 0 Å². The Kier molecular flexibility index (Phi) is 3.23. The predicted molar refractivity (Wildman–Crippen MR) is 107 cm³/mol. The standard InChI is InChI=1S/C23H21N3O3/c1-13-9-10-16-15(12-13)23(22(29)24-16)19-18(17-8-5-11-25(17)23)20(27)26(21(19)28)14-6-3-2-4-7-14/h2-4,6-7,9-10,12,17-19H,5,8,11H2,1H3,(H,24,29)/t17-,18-,19+,23+/m1/s1. The Morgan fingerprint density at radius 1 is 1.03 bits per heavy atom. The zero-order valence-corrected chi connectivity index (χ0v) is 16.1. The van der Waals surface area contributed by atoms with E-state index in [1.54, 1.807) is 12.1 Å². The van der Waals surface area contributed by atoms with Crippen molar-refractivity contribution < 1.29 is 14.4 Å². The van der Waals surface area contributed by atoms with Crippen molar-refractivity contribution >= 4 is 29.1 Å². The molecule has 2 aromatic carbocycles. The van der Waals surface area contributed by atoms with E-state index < -0.39 is 17.4 Å². The van der Waals surface area contributed by atoms with Gasteiger partial charge in [-0.2, -0.15) is 0 Å². The average molecular weight is 387 g/mol. The monoisotopic (exact) mass is 387 g/mol. The zero-order chi connectivity index (χ0) is 19.9. The lowest BCUT2D eigenvalue weighted by molar-refractivity contribution is -0.135. The Hall–Kier alpha value is -2.99. The first-order valence-electron chi connectivity index (χ1n) is 10.2. The highest BCUT2D eigenvalue weighted by molar-refractivity contribution is 6.25. The maximum Gasteiger partial charge on any atom is 0.250 e. The molecule has 6 nitrogen and oxygen atoms in total. The van der Waals surface area contributed by atoms with E-state index in [-0.39, 0.29) is 23.8 Å². The molecule has 0 bridgehead atoms. The first kappa shape index (κ1) is 16.9. The molecule has 1 N–H and O–H groups in total. The first-order chi connectivity index (χ1) is 14.0. The summed E-state index contributed by atoms with van der Waals surface area (Å²) in [6.45, 7) is 2.72. The maximum absolute atomic E-state index is 13.7. The molecule has 2 aromatic rings. The van der Waals surface area contributed by atoms with Crippen LogP contribution in [0.2, 0.25) is 0 Å². The van der Waals surface area contributed by atoms with Crippen molar-refractivity contribution in [1.82, 2.24) is 4.90 Å². The zero-order valence-electron chi connectivity index (χ0n) is 16.1. The summed E-state index contributed by atoms with van der Waals surface area (Å²) < 4.78 is 0. The number of anilines is 2. The molecule has 0 saturated carbocycles. The van der Waals surface area contributed by atoms with Crippen LogP contribution in [0.4, 0.5) is 11.4 Å². The lowest BCUT2D eigenvalue weighted by atomic mass is 9.75. The number of hydrogen-bond donors (Lipinski definition) is 1. The highest BCUT2D eigenvalue weighted by Gasteiger charge is 2.74. The quantitative estimate of drug-likeness (QED) is 0.763. The number of hydrogen-bond acceptors (Lipinski definition) is 4. The molecule has 4 atom stereocenters. The van der Waals surface area contributed by atoms with Crippen LogP contribution < -0.4 is 10.2 Å². The number of benzene rings is 2. The van der Waals surface area contributed by atoms with E-state index in [1.807, 2.05) is 43.3 Å². The number of carbonyl (C=O) groups excluding carboxylic acids is 3. The van der Waals surface area contributed by atoms with E-state index in [0.29, 0.717) is 5.69 Å². The van der Waals surface area contributed by atoms with Crippen LogP contribution >= 0.6 is 0 Å². The fourth-order valence-electron chi connectivity index (χ4n) is 6.15. The van der Waals surface area contributed by atoms with Crippen LogP contribution in [0.15, 0.2) is 48.5 Å². The topological polar surface area (TPSA) is 69.7 Å². The normalized spacial score (nSPS) is 32.7. The van der Waals surface area contributed by atoms with Crippen LogP contribution in [0.3, 0.4) is 0 Å². The van der Waals surface area contributed by atoms with Crippen LogP contribution in [0.1, 0.15) is 24.0 Å². The van der Waals surface area contributed by atoms with Gasteiger partial charge in [-0.3, -0.25) is 19.3 Å². The number of carbonyl (C=O) groups is 3. The molecule has 0 unspecified atom stereocenters. The third kappa shape index (κ3) is 1.88. The van der Waals surface area contributed by atoms with E-state index in [9.17, 15) is 14.4 Å². The lowest BCUT2D eigenvalue weighted by Gasteiger charge is -2.36. The molecule has 3 fully saturated rings. The molecule has 29 heavy (non-hydrogen) atoms. The van der Waals surface area contributed by atoms with Gasteiger partial charge < -0.3 is 5.32 Å². The first-order valence-corrected chi connectivity index (χ1v) is 10.2. The average Bonchev–Trinajstić information content (AvgIpc) is 3.41. The molecule has 6 heteroatoms. The lowest BCUT2D eigenvalue weighted by Crippen LogP contribution is -2.54. The summed E-state index contributed by atoms with van der Waals surface area (Å²) in [6.07, 6.45) is 1.76. The number of imide groups is 1. The van der Waals surface area contributed by atoms with Gasteiger partial charge in [0.15, 0.2) is 0 Å². The van der Waals surface area contributed by atoms with Gasteiger partial charge in [0.05, 0.1) is 17.5 Å². The summed E-state index contributed by atoms with van der Waals surface area (Å²) in [5, 5.41) is 3.01. The maximum atomic E-state index is 13.7. The van der Waals surface area contributed by atoms with Gasteiger partial charge in [0.25, 0.3) is 0 Å². The van der Waals surface area contributed by atoms with Crippen LogP contribution in [0, 0.1) is 18.8 Å². The van der Waals surface area contributed by atoms with Crippen molar-refractivity contribution in [3.8, 4) is 0 Å². The second kappa shape index (κ2) is 5.54. The van der Waals surface area contributed by atoms with Crippen LogP contribution in [0.25, 0.3) is 0 Å². The highest BCUT2D eigenvalue weighted by Crippen LogP contribution is 2.60. The molecule has 0 aliphatic carbocycles. The van der Waals surface area contributed by atoms with Crippen LogP contribution in [-0.4, -0.2) is 35.2 Å². The summed E-state index contributed by atoms with van der Waals surface area (Å²) >= 11 is 0. The van der Waals surface area contributed by atoms with Crippen LogP contribution in [0.5, 0.6) is 0 Å². The molecule has 4 aliphatic heterocycles. The number of nitrogens with one attached hydrogen (secondary N) is 1. The molecule has 3 amide bonds. The van der Waals surface area contributed by atoms with Crippen molar-refractivity contribution in [2.75, 3.05) is 16.8 Å². The Morgan fingerprint density at radius 3 is 2.62 bits per heavy atom. The van der Waals surface area contributed by atoms with Crippen molar-refractivity contribution in [3.63, 3.8) is 0 Å². The molecular weight excluding hydrogens is 366 g/mol. The van der Waals surface area contributed by atoms with Gasteiger partial charge in [-0.1, -0.05) is 35.9 Å². The Balaban J connectivity index is 1.58. The number of para-hydroxylation sites is 1. The van der Waals surface area contributed by atoms with Crippen LogP contribution in [-0.2, 0) is 19.9 Å². The van der Waals surface area contributed by atoms with Crippen molar-refractivity contribution in [3.05, 3.63) is 59.7 Å². The summed E-state index contributed by atoms with van der Waals surface area (Å²) in [4.78, 5) is 44.2. The van der Waals surface area contributed by atoms with Crippen molar-refractivity contribution in [2.24, 2.45) is 11.8 Å². The fraction of sp³-hybridized carbons (Fsp3) is 0.348. The number of aryl methyl sites for hydroxylation is 1. The number of amides is 3. The predicted octanol–water partition coefficient (Wildman–Crippen LogP) is 2.43. The van der Waals surface area contributed by atoms with Gasteiger partial charge in [-0.15, -0.1) is 0 Å². The molecular formula is C23H21N3O3. The SMILES string of the molecule is Cc1ccc2c(c1)[C@@]1(C(=O)N2)[C@@H]2C(=O)N(c3ccccc3)C(=O)[C@@H]2[C@H]2CCCN21. The molecule has 0 radical (unpaired) electrons. The van der Waals surface area contributed by atoms with E-state index >= 15 is 0 Å². The number of nitrogens with zero attached hydrogens (tertiary/aromatic N) is 2. The smallest absolute Gasteiger partial charge is 0.250 e. The van der Waals surface area contributed by atoms with E-state index in [2.05, 4.69) is 10.2 Å². The second-order valence-corrected chi connectivity index (χ2v) is 8.52. The summed E-state index contributed by atoms with van der Waals surface area (Å²) in [6, 6.07) is 14.9. The number of fused-ring (bicyclic) bond motifs is 7. The van der Waals surface area contributed by atoms with Gasteiger partial charge >= 0.3 is 0 Å². The molecule has 4 heterocycles. The summed E-state index contributed by atoms with van der Waals surface area (Å²) in [5.41, 5.74) is 2.13. The van der Waals surface area contributed by atoms with Gasteiger partial charge in [0.2, 0.25) is 17.7 Å². The molecule has 1 spiro atoms. The Labute approximate surface area is 168 Å². The second-order valence-electron chi connectivity index (χ2n) is 8.52. The third-order valence-electron chi connectivity index (χ3n) is 7.16. The summed E-state index contributed by atoms with van der Waals surface area (Å²) in [7, 11) is 0. The molecule has 4 aliphatic rings. The molecule has 0 aromatic heterocycles. The minimum atomic E-state index is -1.09. The third-order valence-corrected chi connectivity index (χ3v) is 7.16. The minimum Gasteiger partial charge on any atom is -0.324 e. The van der Waals surface area contributed by atoms with E-state index in [0.717, 1.165) is 36.2 Å². The van der Waals surface area contributed by atoms with Gasteiger partial charge in [0.1, 0.15) is 5.54 Å².